The van der Waals surface area contributed by atoms with Crippen LogP contribution in [0.15, 0.2) is 24.3 Å². The molecule has 1 aliphatic carbocycles. The standard InChI is InChI=1S/C14H20FNO/c15-13-9-5-4-8-12(13)14(10-16)17-11-6-2-1-3-7-11/h4-5,8-9,11,14H,1-3,6-7,10,16H2. The number of rotatable bonds is 4. The maximum absolute atomic E-state index is 13.6. The number of benzene rings is 1. The Bertz CT molecular complexity index is 350. The van der Waals surface area contributed by atoms with Crippen LogP contribution < -0.4 is 5.73 Å². The number of nitrogens with two attached hydrogens (primary N) is 1. The molecule has 0 spiro atoms. The lowest BCUT2D eigenvalue weighted by Gasteiger charge is -2.27. The summed E-state index contributed by atoms with van der Waals surface area (Å²) in [6.07, 6.45) is 5.79. The summed E-state index contributed by atoms with van der Waals surface area (Å²) in [6, 6.07) is 6.73. The van der Waals surface area contributed by atoms with Gasteiger partial charge in [-0.15, -0.1) is 0 Å². The molecule has 1 aliphatic rings. The van der Waals surface area contributed by atoms with Gasteiger partial charge in [0.1, 0.15) is 5.82 Å². The van der Waals surface area contributed by atoms with E-state index in [2.05, 4.69) is 0 Å². The monoisotopic (exact) mass is 237 g/mol. The van der Waals surface area contributed by atoms with Crippen molar-refractivity contribution >= 4 is 0 Å². The molecule has 1 saturated carbocycles. The van der Waals surface area contributed by atoms with E-state index < -0.39 is 0 Å². The van der Waals surface area contributed by atoms with E-state index in [1.165, 1.54) is 25.3 Å². The van der Waals surface area contributed by atoms with Crippen molar-refractivity contribution in [1.82, 2.24) is 0 Å². The third kappa shape index (κ3) is 3.27. The van der Waals surface area contributed by atoms with Gasteiger partial charge in [0.25, 0.3) is 0 Å². The van der Waals surface area contributed by atoms with Gasteiger partial charge in [-0.25, -0.2) is 4.39 Å². The topological polar surface area (TPSA) is 35.2 Å². The van der Waals surface area contributed by atoms with Crippen LogP contribution in [0.2, 0.25) is 0 Å². The van der Waals surface area contributed by atoms with Gasteiger partial charge in [0.05, 0.1) is 12.2 Å². The predicted molar refractivity (Wildman–Crippen MR) is 66.2 cm³/mol. The Morgan fingerprint density at radius 1 is 1.24 bits per heavy atom. The first-order chi connectivity index (χ1) is 8.31. The number of hydrogen-bond acceptors (Lipinski definition) is 2. The molecule has 1 atom stereocenters. The molecule has 1 aromatic rings. The first-order valence-electron chi connectivity index (χ1n) is 6.41. The highest BCUT2D eigenvalue weighted by atomic mass is 19.1. The maximum Gasteiger partial charge on any atom is 0.129 e. The minimum atomic E-state index is -0.306. The lowest BCUT2D eigenvalue weighted by Crippen LogP contribution is -2.25. The molecule has 2 rings (SSSR count). The van der Waals surface area contributed by atoms with Crippen molar-refractivity contribution in [3.63, 3.8) is 0 Å². The van der Waals surface area contributed by atoms with Crippen LogP contribution in [0.1, 0.15) is 43.8 Å². The maximum atomic E-state index is 13.6. The summed E-state index contributed by atoms with van der Waals surface area (Å²) in [7, 11) is 0. The first-order valence-corrected chi connectivity index (χ1v) is 6.41. The van der Waals surface area contributed by atoms with Crippen molar-refractivity contribution < 1.29 is 9.13 Å². The molecule has 1 aromatic carbocycles. The molecule has 0 aliphatic heterocycles. The highest BCUT2D eigenvalue weighted by Crippen LogP contribution is 2.27. The number of hydrogen-bond donors (Lipinski definition) is 1. The average molecular weight is 237 g/mol. The van der Waals surface area contributed by atoms with Gasteiger partial charge >= 0.3 is 0 Å². The smallest absolute Gasteiger partial charge is 0.129 e. The normalized spacial score (nSPS) is 19.2. The van der Waals surface area contributed by atoms with Crippen LogP contribution in [0.3, 0.4) is 0 Å². The molecule has 2 nitrogen and oxygen atoms in total. The van der Waals surface area contributed by atoms with E-state index in [-0.39, 0.29) is 18.0 Å². The molecule has 0 aromatic heterocycles. The molecule has 94 valence electrons. The van der Waals surface area contributed by atoms with E-state index in [0.29, 0.717) is 12.1 Å². The Kier molecular flexibility index (Phi) is 4.51. The zero-order valence-corrected chi connectivity index (χ0v) is 10.1. The van der Waals surface area contributed by atoms with Crippen LogP contribution in [-0.4, -0.2) is 12.6 Å². The van der Waals surface area contributed by atoms with Crippen LogP contribution in [-0.2, 0) is 4.74 Å². The van der Waals surface area contributed by atoms with Gasteiger partial charge in [0.2, 0.25) is 0 Å². The molecule has 0 bridgehead atoms. The van der Waals surface area contributed by atoms with Crippen LogP contribution in [0.25, 0.3) is 0 Å². The average Bonchev–Trinajstić information content (AvgIpc) is 2.38. The molecule has 0 radical (unpaired) electrons. The van der Waals surface area contributed by atoms with E-state index in [1.807, 2.05) is 6.07 Å². The van der Waals surface area contributed by atoms with Crippen molar-refractivity contribution in [3.05, 3.63) is 35.6 Å². The summed E-state index contributed by atoms with van der Waals surface area (Å²) < 4.78 is 19.6. The zero-order valence-electron chi connectivity index (χ0n) is 10.1. The van der Waals surface area contributed by atoms with E-state index in [0.717, 1.165) is 12.8 Å². The van der Waals surface area contributed by atoms with Crippen molar-refractivity contribution in [2.24, 2.45) is 5.73 Å². The zero-order chi connectivity index (χ0) is 12.1. The Hall–Kier alpha value is -0.930. The quantitative estimate of drug-likeness (QED) is 0.873. The van der Waals surface area contributed by atoms with E-state index in [4.69, 9.17) is 10.5 Å². The molecule has 1 unspecified atom stereocenters. The number of halogens is 1. The molecule has 0 saturated heterocycles. The Morgan fingerprint density at radius 3 is 2.59 bits per heavy atom. The van der Waals surface area contributed by atoms with Crippen molar-refractivity contribution in [1.29, 1.82) is 0 Å². The lowest BCUT2D eigenvalue weighted by molar-refractivity contribution is -0.0283. The fourth-order valence-corrected chi connectivity index (χ4v) is 2.43. The van der Waals surface area contributed by atoms with Crippen LogP contribution in [0.5, 0.6) is 0 Å². The highest BCUT2D eigenvalue weighted by Gasteiger charge is 2.21. The summed E-state index contributed by atoms with van der Waals surface area (Å²) in [5.41, 5.74) is 6.28. The molecular weight excluding hydrogens is 217 g/mol. The Labute approximate surface area is 102 Å². The van der Waals surface area contributed by atoms with E-state index >= 15 is 0 Å². The molecule has 17 heavy (non-hydrogen) atoms. The SMILES string of the molecule is NCC(OC1CCCCC1)c1ccccc1F. The third-order valence-corrected chi connectivity index (χ3v) is 3.38. The molecule has 0 heterocycles. The lowest BCUT2D eigenvalue weighted by atomic mass is 9.97. The predicted octanol–water partition coefficient (Wildman–Crippen LogP) is 3.17. The van der Waals surface area contributed by atoms with E-state index in [1.54, 1.807) is 12.1 Å². The summed E-state index contributed by atoms with van der Waals surface area (Å²) in [6.45, 7) is 0.331. The van der Waals surface area contributed by atoms with E-state index in [9.17, 15) is 4.39 Å². The molecule has 1 fully saturated rings. The summed E-state index contributed by atoms with van der Waals surface area (Å²) in [5.74, 6) is -0.223. The Morgan fingerprint density at radius 2 is 1.94 bits per heavy atom. The molecule has 2 N–H and O–H groups in total. The van der Waals surface area contributed by atoms with Gasteiger partial charge < -0.3 is 10.5 Å². The minimum Gasteiger partial charge on any atom is -0.369 e. The van der Waals surface area contributed by atoms with Crippen LogP contribution in [0, 0.1) is 5.82 Å². The summed E-state index contributed by atoms with van der Waals surface area (Å²) >= 11 is 0. The fourth-order valence-electron chi connectivity index (χ4n) is 2.43. The van der Waals surface area contributed by atoms with Crippen molar-refractivity contribution in [2.75, 3.05) is 6.54 Å². The second kappa shape index (κ2) is 6.12. The van der Waals surface area contributed by atoms with Gasteiger partial charge in [-0.3, -0.25) is 0 Å². The van der Waals surface area contributed by atoms with Crippen LogP contribution in [0.4, 0.5) is 4.39 Å². The molecule has 3 heteroatoms. The fraction of sp³-hybridized carbons (Fsp3) is 0.571. The molecular formula is C14H20FNO. The van der Waals surface area contributed by atoms with Gasteiger partial charge in [0, 0.05) is 12.1 Å². The summed E-state index contributed by atoms with van der Waals surface area (Å²) in [4.78, 5) is 0. The first kappa shape index (κ1) is 12.5. The van der Waals surface area contributed by atoms with Crippen molar-refractivity contribution in [2.45, 2.75) is 44.3 Å². The van der Waals surface area contributed by atoms with Gasteiger partial charge in [0.15, 0.2) is 0 Å². The third-order valence-electron chi connectivity index (χ3n) is 3.38. The summed E-state index contributed by atoms with van der Waals surface area (Å²) in [5, 5.41) is 0. The van der Waals surface area contributed by atoms with Crippen molar-refractivity contribution in [3.8, 4) is 0 Å². The second-order valence-electron chi connectivity index (χ2n) is 4.64. The minimum absolute atomic E-state index is 0.223. The van der Waals surface area contributed by atoms with Gasteiger partial charge in [-0.05, 0) is 18.9 Å². The van der Waals surface area contributed by atoms with Crippen LogP contribution >= 0.6 is 0 Å². The van der Waals surface area contributed by atoms with Gasteiger partial charge in [-0.1, -0.05) is 37.5 Å². The number of ether oxygens (including phenoxy) is 1. The Balaban J connectivity index is 2.03. The highest BCUT2D eigenvalue weighted by molar-refractivity contribution is 5.20. The van der Waals surface area contributed by atoms with Gasteiger partial charge in [-0.2, -0.15) is 0 Å². The second-order valence-corrected chi connectivity index (χ2v) is 4.64. The largest absolute Gasteiger partial charge is 0.369 e. The molecule has 0 amide bonds.